The molecule has 0 bridgehead atoms. The Kier molecular flexibility index (Phi) is 1.83. The molecule has 56 valence electrons. The molecule has 1 aliphatic rings. The van der Waals surface area contributed by atoms with Crippen LogP contribution in [0.1, 0.15) is 6.42 Å². The first kappa shape index (κ1) is 6.97. The Morgan fingerprint density at radius 2 is 2.50 bits per heavy atom. The minimum atomic E-state index is -0.623. The molecule has 1 saturated heterocycles. The van der Waals surface area contributed by atoms with Crippen molar-refractivity contribution < 1.29 is 9.59 Å². The molecule has 3 amide bonds. The fourth-order valence-corrected chi connectivity index (χ4v) is 0.724. The van der Waals surface area contributed by atoms with Gasteiger partial charge in [-0.15, -0.1) is 0 Å². The molecule has 0 aliphatic carbocycles. The van der Waals surface area contributed by atoms with E-state index in [9.17, 15) is 9.59 Å². The minimum Gasteiger partial charge on any atom is -0.274 e. The Balaban J connectivity index is 2.55. The van der Waals surface area contributed by atoms with E-state index in [0.717, 1.165) is 5.01 Å². The fourth-order valence-electron chi connectivity index (χ4n) is 0.724. The van der Waals surface area contributed by atoms with E-state index in [1.54, 1.807) is 0 Å². The Labute approximate surface area is 57.3 Å². The summed E-state index contributed by atoms with van der Waals surface area (Å²) in [5.74, 6) is 4.52. The second-order valence-corrected chi connectivity index (χ2v) is 1.84. The highest BCUT2D eigenvalue weighted by molar-refractivity contribution is 5.94. The van der Waals surface area contributed by atoms with Gasteiger partial charge in [-0.2, -0.15) is 5.01 Å². The zero-order chi connectivity index (χ0) is 7.56. The third kappa shape index (κ3) is 1.07. The van der Waals surface area contributed by atoms with Crippen LogP contribution in [0.5, 0.6) is 0 Å². The fraction of sp³-hybridized carbons (Fsp3) is 0.500. The summed E-state index contributed by atoms with van der Waals surface area (Å²) >= 11 is 0. The number of carbonyl (C=O) groups is 2. The van der Waals surface area contributed by atoms with Crippen molar-refractivity contribution in [3.63, 3.8) is 0 Å². The van der Waals surface area contributed by atoms with Gasteiger partial charge in [0.1, 0.15) is 0 Å². The lowest BCUT2D eigenvalue weighted by molar-refractivity contribution is -0.126. The Morgan fingerprint density at radius 1 is 1.80 bits per heavy atom. The molecule has 0 unspecified atom stereocenters. The molecule has 0 aromatic heterocycles. The number of imide groups is 1. The summed E-state index contributed by atoms with van der Waals surface area (Å²) < 4.78 is 0. The van der Waals surface area contributed by atoms with Crippen LogP contribution in [0.4, 0.5) is 4.79 Å². The van der Waals surface area contributed by atoms with Gasteiger partial charge in [-0.05, 0) is 0 Å². The zero-order valence-electron chi connectivity index (χ0n) is 5.26. The summed E-state index contributed by atoms with van der Waals surface area (Å²) in [6, 6.07) is -0.623. The SMILES string of the molecule is NNC(=O)N1NCCC1=O. The smallest absolute Gasteiger partial charge is 0.274 e. The Morgan fingerprint density at radius 3 is 2.90 bits per heavy atom. The number of hydrogen-bond acceptors (Lipinski definition) is 4. The molecule has 6 heteroatoms. The van der Waals surface area contributed by atoms with E-state index in [1.165, 1.54) is 0 Å². The molecule has 0 radical (unpaired) electrons. The largest absolute Gasteiger partial charge is 0.353 e. The Hall–Kier alpha value is -1.14. The minimum absolute atomic E-state index is 0.261. The van der Waals surface area contributed by atoms with E-state index in [4.69, 9.17) is 5.84 Å². The van der Waals surface area contributed by atoms with Gasteiger partial charge in [0.05, 0.1) is 0 Å². The predicted molar refractivity (Wildman–Crippen MR) is 32.2 cm³/mol. The van der Waals surface area contributed by atoms with Crippen molar-refractivity contribution in [1.82, 2.24) is 15.9 Å². The molecule has 6 nitrogen and oxygen atoms in total. The van der Waals surface area contributed by atoms with E-state index < -0.39 is 6.03 Å². The molecular formula is C4H8N4O2. The molecule has 0 aromatic rings. The normalized spacial score (nSPS) is 17.7. The van der Waals surface area contributed by atoms with Crippen LogP contribution in [0, 0.1) is 0 Å². The van der Waals surface area contributed by atoms with Crippen LogP contribution in [0.2, 0.25) is 0 Å². The predicted octanol–water partition coefficient (Wildman–Crippen LogP) is -1.69. The van der Waals surface area contributed by atoms with Gasteiger partial charge in [-0.3, -0.25) is 10.2 Å². The van der Waals surface area contributed by atoms with Crippen molar-refractivity contribution in [3.05, 3.63) is 0 Å². The maximum atomic E-state index is 10.7. The summed E-state index contributed by atoms with van der Waals surface area (Å²) in [5, 5.41) is 0.861. The van der Waals surface area contributed by atoms with Gasteiger partial charge in [0.2, 0.25) is 5.91 Å². The highest BCUT2D eigenvalue weighted by Crippen LogP contribution is 1.97. The molecule has 0 saturated carbocycles. The van der Waals surface area contributed by atoms with Crippen LogP contribution in [0.15, 0.2) is 0 Å². The number of hydrazine groups is 2. The Bertz CT molecular complexity index is 169. The van der Waals surface area contributed by atoms with Crippen LogP contribution >= 0.6 is 0 Å². The van der Waals surface area contributed by atoms with Crippen LogP contribution in [0.25, 0.3) is 0 Å². The number of nitrogens with two attached hydrogens (primary N) is 1. The lowest BCUT2D eigenvalue weighted by Gasteiger charge is -2.11. The number of hydrogen-bond donors (Lipinski definition) is 3. The van der Waals surface area contributed by atoms with E-state index in [1.807, 2.05) is 5.43 Å². The van der Waals surface area contributed by atoms with E-state index in [-0.39, 0.29) is 5.91 Å². The van der Waals surface area contributed by atoms with Crippen molar-refractivity contribution in [2.24, 2.45) is 5.84 Å². The van der Waals surface area contributed by atoms with Gasteiger partial charge in [0.15, 0.2) is 0 Å². The average Bonchev–Trinajstić information content (AvgIpc) is 2.34. The number of amides is 3. The highest BCUT2D eigenvalue weighted by Gasteiger charge is 2.25. The third-order valence-corrected chi connectivity index (χ3v) is 1.18. The third-order valence-electron chi connectivity index (χ3n) is 1.18. The molecule has 1 rings (SSSR count). The van der Waals surface area contributed by atoms with E-state index >= 15 is 0 Å². The quantitative estimate of drug-likeness (QED) is 0.215. The maximum absolute atomic E-state index is 10.7. The van der Waals surface area contributed by atoms with Gasteiger partial charge >= 0.3 is 6.03 Å². The first-order chi connectivity index (χ1) is 4.75. The zero-order valence-corrected chi connectivity index (χ0v) is 5.26. The monoisotopic (exact) mass is 144 g/mol. The lowest BCUT2D eigenvalue weighted by Crippen LogP contribution is -2.48. The summed E-state index contributed by atoms with van der Waals surface area (Å²) in [4.78, 5) is 21.4. The molecule has 1 fully saturated rings. The van der Waals surface area contributed by atoms with Gasteiger partial charge in [0.25, 0.3) is 0 Å². The summed E-state index contributed by atoms with van der Waals surface area (Å²) in [6.45, 7) is 0.492. The second kappa shape index (κ2) is 2.63. The highest BCUT2D eigenvalue weighted by atomic mass is 16.2. The molecule has 1 heterocycles. The topological polar surface area (TPSA) is 87.5 Å². The maximum Gasteiger partial charge on any atom is 0.353 e. The van der Waals surface area contributed by atoms with Gasteiger partial charge in [-0.25, -0.2) is 16.1 Å². The summed E-state index contributed by atoms with van der Waals surface area (Å²) in [5.41, 5.74) is 4.39. The second-order valence-electron chi connectivity index (χ2n) is 1.84. The van der Waals surface area contributed by atoms with Crippen molar-refractivity contribution >= 4 is 11.9 Å². The van der Waals surface area contributed by atoms with Crippen molar-refractivity contribution in [3.8, 4) is 0 Å². The van der Waals surface area contributed by atoms with E-state index in [2.05, 4.69) is 5.43 Å². The van der Waals surface area contributed by atoms with E-state index in [0.29, 0.717) is 13.0 Å². The van der Waals surface area contributed by atoms with Gasteiger partial charge in [-0.1, -0.05) is 0 Å². The number of nitrogens with one attached hydrogen (secondary N) is 2. The number of carbonyl (C=O) groups excluding carboxylic acids is 2. The van der Waals surface area contributed by atoms with Crippen LogP contribution < -0.4 is 16.7 Å². The number of rotatable bonds is 0. The molecule has 0 aromatic carbocycles. The first-order valence-electron chi connectivity index (χ1n) is 2.82. The summed E-state index contributed by atoms with van der Waals surface area (Å²) in [7, 11) is 0. The molecule has 0 atom stereocenters. The molecule has 4 N–H and O–H groups in total. The first-order valence-corrected chi connectivity index (χ1v) is 2.82. The van der Waals surface area contributed by atoms with Crippen LogP contribution in [-0.2, 0) is 4.79 Å². The average molecular weight is 144 g/mol. The van der Waals surface area contributed by atoms with Crippen molar-refractivity contribution in [2.75, 3.05) is 6.54 Å². The van der Waals surface area contributed by atoms with Crippen molar-refractivity contribution in [2.45, 2.75) is 6.42 Å². The molecule has 10 heavy (non-hydrogen) atoms. The van der Waals surface area contributed by atoms with Gasteiger partial charge in [0, 0.05) is 13.0 Å². The van der Waals surface area contributed by atoms with Crippen LogP contribution in [0.3, 0.4) is 0 Å². The number of urea groups is 1. The van der Waals surface area contributed by atoms with Crippen LogP contribution in [-0.4, -0.2) is 23.5 Å². The van der Waals surface area contributed by atoms with Crippen molar-refractivity contribution in [1.29, 1.82) is 0 Å². The number of nitrogens with zero attached hydrogens (tertiary/aromatic N) is 1. The summed E-state index contributed by atoms with van der Waals surface area (Å²) in [6.07, 6.45) is 0.341. The molecule has 0 spiro atoms. The van der Waals surface area contributed by atoms with Gasteiger partial charge < -0.3 is 0 Å². The molecular weight excluding hydrogens is 136 g/mol. The standard InChI is InChI=1S/C4H8N4O2/c5-7-4(10)8-3(9)1-2-6-8/h6H,1-2,5H2,(H,7,10). The molecule has 1 aliphatic heterocycles. The lowest BCUT2D eigenvalue weighted by atomic mass is 10.4.